The van der Waals surface area contributed by atoms with Crippen molar-refractivity contribution in [3.63, 3.8) is 0 Å². The molecule has 0 bridgehead atoms. The van der Waals surface area contributed by atoms with Crippen molar-refractivity contribution in [2.24, 2.45) is 5.90 Å². The Morgan fingerprint density at radius 2 is 1.86 bits per heavy atom. The van der Waals surface area contributed by atoms with Crippen LogP contribution < -0.4 is 10.6 Å². The molecule has 0 saturated heterocycles. The van der Waals surface area contributed by atoms with Gasteiger partial charge in [0.05, 0.1) is 7.11 Å². The topological polar surface area (TPSA) is 44.5 Å². The predicted octanol–water partition coefficient (Wildman–Crippen LogP) is 1.68. The molecule has 0 aliphatic rings. The fourth-order valence-corrected chi connectivity index (χ4v) is 1.02. The lowest BCUT2D eigenvalue weighted by Gasteiger charge is -2.15. The van der Waals surface area contributed by atoms with Crippen LogP contribution in [0, 0.1) is 0 Å². The number of ether oxygens (including phenoxy) is 1. The van der Waals surface area contributed by atoms with Crippen molar-refractivity contribution in [3.05, 3.63) is 29.8 Å². The van der Waals surface area contributed by atoms with E-state index in [1.54, 1.807) is 0 Å². The van der Waals surface area contributed by atoms with E-state index < -0.39 is 12.5 Å². The third-order valence-electron chi connectivity index (χ3n) is 1.78. The quantitative estimate of drug-likeness (QED) is 0.757. The lowest BCUT2D eigenvalue weighted by atomic mass is 10.1. The first kappa shape index (κ1) is 10.9. The summed E-state index contributed by atoms with van der Waals surface area (Å²) in [7, 11) is 1.47. The van der Waals surface area contributed by atoms with Crippen LogP contribution in [0.2, 0.25) is 0 Å². The smallest absolute Gasteiger partial charge is 0.298 e. The van der Waals surface area contributed by atoms with E-state index in [1.807, 2.05) is 0 Å². The van der Waals surface area contributed by atoms with E-state index in [0.717, 1.165) is 0 Å². The van der Waals surface area contributed by atoms with Crippen molar-refractivity contribution < 1.29 is 18.4 Å². The highest BCUT2D eigenvalue weighted by Gasteiger charge is 2.31. The monoisotopic (exact) mass is 203 g/mol. The van der Waals surface area contributed by atoms with E-state index in [-0.39, 0.29) is 5.56 Å². The van der Waals surface area contributed by atoms with Gasteiger partial charge in [0, 0.05) is 5.56 Å². The summed E-state index contributed by atoms with van der Waals surface area (Å²) >= 11 is 0. The van der Waals surface area contributed by atoms with Crippen molar-refractivity contribution in [2.75, 3.05) is 13.7 Å². The van der Waals surface area contributed by atoms with E-state index in [9.17, 15) is 8.78 Å². The second kappa shape index (κ2) is 4.34. The molecule has 1 rings (SSSR count). The lowest BCUT2D eigenvalue weighted by molar-refractivity contribution is -0.0837. The third-order valence-corrected chi connectivity index (χ3v) is 1.78. The number of benzene rings is 1. The molecule has 0 aliphatic heterocycles. The van der Waals surface area contributed by atoms with Gasteiger partial charge >= 0.3 is 0 Å². The van der Waals surface area contributed by atoms with Crippen LogP contribution in [-0.2, 0) is 10.8 Å². The van der Waals surface area contributed by atoms with Gasteiger partial charge in [-0.25, -0.2) is 5.90 Å². The standard InChI is InChI=1S/C9H11F2NO2/c1-13-8-4-2-7(3-5-8)9(10,11)6-14-12/h2-5H,6,12H2,1H3. The van der Waals surface area contributed by atoms with Crippen molar-refractivity contribution in [1.82, 2.24) is 0 Å². The van der Waals surface area contributed by atoms with Gasteiger partial charge in [-0.1, -0.05) is 0 Å². The Kier molecular flexibility index (Phi) is 3.38. The molecule has 78 valence electrons. The number of nitrogens with two attached hydrogens (primary N) is 1. The molecule has 0 aliphatic carbocycles. The molecule has 3 nitrogen and oxygen atoms in total. The lowest BCUT2D eigenvalue weighted by Crippen LogP contribution is -2.23. The number of methoxy groups -OCH3 is 1. The van der Waals surface area contributed by atoms with Gasteiger partial charge in [-0.15, -0.1) is 0 Å². The first-order valence-electron chi connectivity index (χ1n) is 3.94. The zero-order valence-electron chi connectivity index (χ0n) is 7.67. The maximum absolute atomic E-state index is 13.1. The van der Waals surface area contributed by atoms with Crippen LogP contribution in [0.5, 0.6) is 5.75 Å². The Morgan fingerprint density at radius 1 is 1.29 bits per heavy atom. The van der Waals surface area contributed by atoms with Crippen molar-refractivity contribution >= 4 is 0 Å². The average molecular weight is 203 g/mol. The minimum absolute atomic E-state index is 0.149. The SMILES string of the molecule is COc1ccc(C(F)(F)CON)cc1. The van der Waals surface area contributed by atoms with Crippen LogP contribution in [0.15, 0.2) is 24.3 Å². The Labute approximate surface area is 80.4 Å². The van der Waals surface area contributed by atoms with Gasteiger partial charge in [0.2, 0.25) is 0 Å². The first-order valence-corrected chi connectivity index (χ1v) is 3.94. The Bertz CT molecular complexity index is 287. The first-order chi connectivity index (χ1) is 6.60. The molecule has 0 unspecified atom stereocenters. The fraction of sp³-hybridized carbons (Fsp3) is 0.333. The Balaban J connectivity index is 2.85. The number of hydrogen-bond acceptors (Lipinski definition) is 3. The molecule has 1 aromatic rings. The van der Waals surface area contributed by atoms with Gasteiger partial charge in [-0.3, -0.25) is 4.84 Å². The second-order valence-electron chi connectivity index (χ2n) is 2.74. The molecule has 0 spiro atoms. The van der Waals surface area contributed by atoms with E-state index in [4.69, 9.17) is 4.74 Å². The van der Waals surface area contributed by atoms with Gasteiger partial charge in [-0.05, 0) is 24.3 Å². The average Bonchev–Trinajstić information content (AvgIpc) is 2.18. The second-order valence-corrected chi connectivity index (χ2v) is 2.74. The van der Waals surface area contributed by atoms with Gasteiger partial charge in [0.15, 0.2) is 0 Å². The highest BCUT2D eigenvalue weighted by Crippen LogP contribution is 2.28. The molecule has 14 heavy (non-hydrogen) atoms. The van der Waals surface area contributed by atoms with E-state index in [2.05, 4.69) is 10.7 Å². The number of halogens is 2. The molecule has 0 heterocycles. The van der Waals surface area contributed by atoms with Crippen molar-refractivity contribution in [1.29, 1.82) is 0 Å². The molecular formula is C9H11F2NO2. The number of hydrogen-bond donors (Lipinski definition) is 1. The van der Waals surface area contributed by atoms with Crippen LogP contribution in [0.25, 0.3) is 0 Å². The van der Waals surface area contributed by atoms with Crippen molar-refractivity contribution in [3.8, 4) is 5.75 Å². The van der Waals surface area contributed by atoms with E-state index >= 15 is 0 Å². The van der Waals surface area contributed by atoms with Gasteiger partial charge in [0.25, 0.3) is 5.92 Å². The fourth-order valence-electron chi connectivity index (χ4n) is 1.02. The third kappa shape index (κ3) is 2.40. The van der Waals surface area contributed by atoms with Gasteiger partial charge in [-0.2, -0.15) is 8.78 Å². The van der Waals surface area contributed by atoms with Crippen LogP contribution >= 0.6 is 0 Å². The highest BCUT2D eigenvalue weighted by molar-refractivity contribution is 5.29. The minimum atomic E-state index is -3.07. The van der Waals surface area contributed by atoms with Crippen LogP contribution in [0.3, 0.4) is 0 Å². The molecule has 0 fully saturated rings. The van der Waals surface area contributed by atoms with E-state index in [0.29, 0.717) is 5.75 Å². The molecule has 5 heteroatoms. The molecule has 2 N–H and O–H groups in total. The summed E-state index contributed by atoms with van der Waals surface area (Å²) in [5.41, 5.74) is -0.149. The molecule has 0 atom stereocenters. The molecular weight excluding hydrogens is 192 g/mol. The maximum Gasteiger partial charge on any atom is 0.298 e. The number of alkyl halides is 2. The number of rotatable bonds is 4. The normalized spacial score (nSPS) is 11.4. The largest absolute Gasteiger partial charge is 0.497 e. The molecule has 1 aromatic carbocycles. The zero-order chi connectivity index (χ0) is 10.6. The zero-order valence-corrected chi connectivity index (χ0v) is 7.67. The van der Waals surface area contributed by atoms with Gasteiger partial charge in [0.1, 0.15) is 12.4 Å². The molecule has 0 aromatic heterocycles. The van der Waals surface area contributed by atoms with Gasteiger partial charge < -0.3 is 4.74 Å². The minimum Gasteiger partial charge on any atom is -0.497 e. The summed E-state index contributed by atoms with van der Waals surface area (Å²) < 4.78 is 31.1. The summed E-state index contributed by atoms with van der Waals surface area (Å²) in [5.74, 6) is 2.06. The molecule has 0 radical (unpaired) electrons. The highest BCUT2D eigenvalue weighted by atomic mass is 19.3. The van der Waals surface area contributed by atoms with Crippen molar-refractivity contribution in [2.45, 2.75) is 5.92 Å². The van der Waals surface area contributed by atoms with Crippen LogP contribution in [-0.4, -0.2) is 13.7 Å². The Hall–Kier alpha value is -1.20. The predicted molar refractivity (Wildman–Crippen MR) is 47.0 cm³/mol. The summed E-state index contributed by atoms with van der Waals surface area (Å²) in [6.45, 7) is -0.834. The summed E-state index contributed by atoms with van der Waals surface area (Å²) in [6.07, 6.45) is 0. The molecule has 0 amide bonds. The summed E-state index contributed by atoms with van der Waals surface area (Å²) in [6, 6.07) is 5.47. The molecule has 0 saturated carbocycles. The van der Waals surface area contributed by atoms with Crippen LogP contribution in [0.1, 0.15) is 5.56 Å². The van der Waals surface area contributed by atoms with Crippen LogP contribution in [0.4, 0.5) is 8.78 Å². The maximum atomic E-state index is 13.1. The summed E-state index contributed by atoms with van der Waals surface area (Å²) in [5, 5.41) is 0. The summed E-state index contributed by atoms with van der Waals surface area (Å²) in [4.78, 5) is 3.94. The Morgan fingerprint density at radius 3 is 2.29 bits per heavy atom. The van der Waals surface area contributed by atoms with E-state index in [1.165, 1.54) is 31.4 Å².